The molecule has 0 aliphatic heterocycles. The van der Waals surface area contributed by atoms with E-state index >= 15 is 0 Å². The number of rotatable bonds is 6. The Labute approximate surface area is 206 Å². The fourth-order valence-corrected chi connectivity index (χ4v) is 6.16. The van der Waals surface area contributed by atoms with E-state index in [0.29, 0.717) is 18.3 Å². The molecule has 0 heterocycles. The average molecular weight is 515 g/mol. The lowest BCUT2D eigenvalue weighted by Gasteiger charge is -2.41. The highest BCUT2D eigenvalue weighted by Crippen LogP contribution is 2.54. The van der Waals surface area contributed by atoms with Gasteiger partial charge in [-0.25, -0.2) is 4.39 Å². The van der Waals surface area contributed by atoms with Crippen molar-refractivity contribution in [1.82, 2.24) is 0 Å². The van der Waals surface area contributed by atoms with Gasteiger partial charge in [-0.1, -0.05) is 18.2 Å². The Morgan fingerprint density at radius 1 is 0.944 bits per heavy atom. The van der Waals surface area contributed by atoms with Crippen LogP contribution in [0.2, 0.25) is 0 Å². The van der Waals surface area contributed by atoms with Gasteiger partial charge in [0.15, 0.2) is 0 Å². The highest BCUT2D eigenvalue weighted by molar-refractivity contribution is 5.35. The van der Waals surface area contributed by atoms with Crippen molar-refractivity contribution in [3.8, 4) is 0 Å². The standard InChI is InChI=1S/C28H29F7O/c1-3-4-17-11-19-7-10-25(26(24(19)12-17)18-5-8-23(29)9-6-18)36-16(2)20-13-21(27(30,31)32)15-22(14-20)28(33,34)35/h3,5-6,8-9,13-17,19,24-26H,1,4,7,10-12H2,2H3/t16-,17?,19-,24-,25+,26+/m1/s1. The second-order valence-corrected chi connectivity index (χ2v) is 10.1. The van der Waals surface area contributed by atoms with E-state index in [1.165, 1.54) is 19.1 Å². The van der Waals surface area contributed by atoms with Crippen LogP contribution < -0.4 is 0 Å². The van der Waals surface area contributed by atoms with E-state index in [2.05, 4.69) is 6.58 Å². The van der Waals surface area contributed by atoms with Crippen LogP contribution in [0.25, 0.3) is 0 Å². The molecule has 1 unspecified atom stereocenters. The van der Waals surface area contributed by atoms with Crippen molar-refractivity contribution in [2.45, 2.75) is 69.5 Å². The first-order chi connectivity index (χ1) is 16.9. The van der Waals surface area contributed by atoms with Crippen molar-refractivity contribution in [3.05, 3.63) is 83.2 Å². The summed E-state index contributed by atoms with van der Waals surface area (Å²) in [5.74, 6) is 0.629. The fourth-order valence-electron chi connectivity index (χ4n) is 6.16. The molecule has 2 aromatic carbocycles. The predicted molar refractivity (Wildman–Crippen MR) is 123 cm³/mol. The van der Waals surface area contributed by atoms with E-state index in [1.807, 2.05) is 6.08 Å². The molecule has 0 amide bonds. The molecule has 1 nitrogen and oxygen atoms in total. The van der Waals surface area contributed by atoms with Gasteiger partial charge in [-0.15, -0.1) is 6.58 Å². The molecular weight excluding hydrogens is 485 g/mol. The molecule has 2 saturated carbocycles. The minimum atomic E-state index is -4.92. The topological polar surface area (TPSA) is 9.23 Å². The van der Waals surface area contributed by atoms with Crippen LogP contribution in [0.5, 0.6) is 0 Å². The summed E-state index contributed by atoms with van der Waals surface area (Å²) in [6.07, 6.45) is -5.02. The van der Waals surface area contributed by atoms with E-state index in [0.717, 1.165) is 43.4 Å². The molecule has 0 radical (unpaired) electrons. The van der Waals surface area contributed by atoms with Crippen LogP contribution in [-0.4, -0.2) is 6.10 Å². The van der Waals surface area contributed by atoms with Crippen LogP contribution in [0.4, 0.5) is 30.7 Å². The Kier molecular flexibility index (Phi) is 7.56. The monoisotopic (exact) mass is 514 g/mol. The minimum Gasteiger partial charge on any atom is -0.370 e. The Morgan fingerprint density at radius 3 is 2.11 bits per heavy atom. The number of hydrogen-bond donors (Lipinski definition) is 0. The van der Waals surface area contributed by atoms with Gasteiger partial charge in [-0.05, 0) is 98.2 Å². The number of alkyl halides is 6. The number of hydrogen-bond acceptors (Lipinski definition) is 1. The zero-order chi connectivity index (χ0) is 26.3. The van der Waals surface area contributed by atoms with E-state index in [4.69, 9.17) is 4.74 Å². The van der Waals surface area contributed by atoms with Gasteiger partial charge in [-0.2, -0.15) is 26.3 Å². The molecule has 2 aliphatic rings. The van der Waals surface area contributed by atoms with Gasteiger partial charge >= 0.3 is 12.4 Å². The molecule has 2 aliphatic carbocycles. The molecule has 196 valence electrons. The maximum absolute atomic E-state index is 13.7. The van der Waals surface area contributed by atoms with Crippen LogP contribution in [-0.2, 0) is 17.1 Å². The van der Waals surface area contributed by atoms with Crippen molar-refractivity contribution in [2.24, 2.45) is 17.8 Å². The lowest BCUT2D eigenvalue weighted by atomic mass is 9.69. The van der Waals surface area contributed by atoms with E-state index in [-0.39, 0.29) is 29.3 Å². The Morgan fingerprint density at radius 2 is 1.56 bits per heavy atom. The summed E-state index contributed by atoms with van der Waals surface area (Å²) in [5, 5.41) is 0. The van der Waals surface area contributed by atoms with E-state index < -0.39 is 35.7 Å². The predicted octanol–water partition coefficient (Wildman–Crippen LogP) is 9.11. The second kappa shape index (κ2) is 10.2. The molecular formula is C28H29F7O. The minimum absolute atomic E-state index is 0.126. The second-order valence-electron chi connectivity index (χ2n) is 10.1. The maximum atomic E-state index is 13.7. The SMILES string of the molecule is C=CCC1C[C@H]2CC[C@H](O[C@H](C)c3cc(C(F)(F)F)cc(C(F)(F)F)c3)[C@@H](c3ccc(F)cc3)[C@@H]2C1. The van der Waals surface area contributed by atoms with Crippen molar-refractivity contribution in [1.29, 1.82) is 0 Å². The average Bonchev–Trinajstić information content (AvgIpc) is 3.21. The van der Waals surface area contributed by atoms with Crippen molar-refractivity contribution >= 4 is 0 Å². The van der Waals surface area contributed by atoms with Gasteiger partial charge in [0.1, 0.15) is 5.82 Å². The van der Waals surface area contributed by atoms with Gasteiger partial charge in [0.2, 0.25) is 0 Å². The Balaban J connectivity index is 1.65. The van der Waals surface area contributed by atoms with Crippen molar-refractivity contribution in [2.75, 3.05) is 0 Å². The zero-order valence-electron chi connectivity index (χ0n) is 19.9. The summed E-state index contributed by atoms with van der Waals surface area (Å²) >= 11 is 0. The van der Waals surface area contributed by atoms with Gasteiger partial charge in [0, 0.05) is 5.92 Å². The molecule has 2 fully saturated rings. The van der Waals surface area contributed by atoms with Crippen LogP contribution in [0.15, 0.2) is 55.1 Å². The first-order valence-electron chi connectivity index (χ1n) is 12.2. The van der Waals surface area contributed by atoms with Crippen LogP contribution in [0, 0.1) is 23.6 Å². The third-order valence-corrected chi connectivity index (χ3v) is 7.74. The number of allylic oxidation sites excluding steroid dienone is 1. The number of fused-ring (bicyclic) bond motifs is 1. The molecule has 0 spiro atoms. The number of halogens is 7. The lowest BCUT2D eigenvalue weighted by molar-refractivity contribution is -0.143. The molecule has 36 heavy (non-hydrogen) atoms. The zero-order valence-corrected chi connectivity index (χ0v) is 19.9. The van der Waals surface area contributed by atoms with Crippen molar-refractivity contribution in [3.63, 3.8) is 0 Å². The Hall–Kier alpha value is -2.35. The smallest absolute Gasteiger partial charge is 0.370 e. The summed E-state index contributed by atoms with van der Waals surface area (Å²) in [7, 11) is 0. The van der Waals surface area contributed by atoms with Gasteiger partial charge in [0.05, 0.1) is 23.3 Å². The largest absolute Gasteiger partial charge is 0.416 e. The third kappa shape index (κ3) is 5.79. The molecule has 0 saturated heterocycles. The van der Waals surface area contributed by atoms with Gasteiger partial charge in [0.25, 0.3) is 0 Å². The Bertz CT molecular complexity index is 1020. The van der Waals surface area contributed by atoms with Crippen LogP contribution in [0.3, 0.4) is 0 Å². The summed E-state index contributed by atoms with van der Waals surface area (Å²) < 4.78 is 100. The summed E-state index contributed by atoms with van der Waals surface area (Å²) in [5.41, 5.74) is -2.01. The fraction of sp³-hybridized carbons (Fsp3) is 0.500. The molecule has 0 aromatic heterocycles. The summed E-state index contributed by atoms with van der Waals surface area (Å²) in [4.78, 5) is 0. The summed E-state index contributed by atoms with van der Waals surface area (Å²) in [6, 6.07) is 7.74. The molecule has 2 aromatic rings. The molecule has 6 atom stereocenters. The molecule has 0 bridgehead atoms. The first kappa shape index (κ1) is 26.7. The first-order valence-corrected chi connectivity index (χ1v) is 12.2. The van der Waals surface area contributed by atoms with Gasteiger partial charge in [-0.3, -0.25) is 0 Å². The normalized spacial score (nSPS) is 27.5. The maximum Gasteiger partial charge on any atom is 0.416 e. The molecule has 0 N–H and O–H groups in total. The van der Waals surface area contributed by atoms with Crippen LogP contribution >= 0.6 is 0 Å². The van der Waals surface area contributed by atoms with Gasteiger partial charge < -0.3 is 4.74 Å². The lowest BCUT2D eigenvalue weighted by Crippen LogP contribution is -2.36. The van der Waals surface area contributed by atoms with E-state index in [1.54, 1.807) is 12.1 Å². The molecule has 4 rings (SSSR count). The third-order valence-electron chi connectivity index (χ3n) is 7.74. The highest BCUT2D eigenvalue weighted by Gasteiger charge is 2.46. The van der Waals surface area contributed by atoms with E-state index in [9.17, 15) is 30.7 Å². The highest BCUT2D eigenvalue weighted by atomic mass is 19.4. The van der Waals surface area contributed by atoms with Crippen LogP contribution in [0.1, 0.15) is 73.3 Å². The quantitative estimate of drug-likeness (QED) is 0.276. The van der Waals surface area contributed by atoms with Crippen molar-refractivity contribution < 1.29 is 35.5 Å². The number of benzene rings is 2. The number of ether oxygens (including phenoxy) is 1. The summed E-state index contributed by atoms with van der Waals surface area (Å²) in [6.45, 7) is 5.32. The molecule has 8 heteroatoms.